The van der Waals surface area contributed by atoms with E-state index in [1.54, 1.807) is 0 Å². The van der Waals surface area contributed by atoms with Crippen LogP contribution in [0, 0.1) is 6.92 Å². The second-order valence-corrected chi connectivity index (χ2v) is 3.27. The van der Waals surface area contributed by atoms with Crippen molar-refractivity contribution in [3.63, 3.8) is 0 Å². The van der Waals surface area contributed by atoms with Crippen LogP contribution in [0.1, 0.15) is 31.5 Å². The molecule has 13 heavy (non-hydrogen) atoms. The minimum absolute atomic E-state index is 0.944. The van der Waals surface area contributed by atoms with Crippen LogP contribution in [0.2, 0.25) is 0 Å². The monoisotopic (exact) mass is 181 g/mol. The fraction of sp³-hybridized carbons (Fsp3) is 0.700. The number of aromatic nitrogens is 2. The van der Waals surface area contributed by atoms with Crippen LogP contribution in [-0.4, -0.2) is 16.3 Å². The SMILES string of the molecule is CCCNCc1cn(CC)nc1C. The van der Waals surface area contributed by atoms with Gasteiger partial charge in [0.05, 0.1) is 5.69 Å². The van der Waals surface area contributed by atoms with E-state index in [1.807, 2.05) is 4.68 Å². The Labute approximate surface area is 80.1 Å². The predicted octanol–water partition coefficient (Wildman–Crippen LogP) is 1.71. The summed E-state index contributed by atoms with van der Waals surface area (Å²) in [7, 11) is 0. The van der Waals surface area contributed by atoms with Gasteiger partial charge < -0.3 is 5.32 Å². The Morgan fingerprint density at radius 3 is 2.77 bits per heavy atom. The Hall–Kier alpha value is -0.830. The van der Waals surface area contributed by atoms with E-state index in [1.165, 1.54) is 12.0 Å². The van der Waals surface area contributed by atoms with E-state index in [9.17, 15) is 0 Å². The molecule has 3 nitrogen and oxygen atoms in total. The minimum atomic E-state index is 0.944. The summed E-state index contributed by atoms with van der Waals surface area (Å²) < 4.78 is 1.98. The van der Waals surface area contributed by atoms with Crippen molar-refractivity contribution >= 4 is 0 Å². The Bertz CT molecular complexity index is 253. The minimum Gasteiger partial charge on any atom is -0.313 e. The summed E-state index contributed by atoms with van der Waals surface area (Å²) in [6.45, 7) is 9.32. The maximum Gasteiger partial charge on any atom is 0.0638 e. The molecule has 0 saturated heterocycles. The summed E-state index contributed by atoms with van der Waals surface area (Å²) in [4.78, 5) is 0. The van der Waals surface area contributed by atoms with Crippen molar-refractivity contribution in [2.75, 3.05) is 6.54 Å². The lowest BCUT2D eigenvalue weighted by Crippen LogP contribution is -2.13. The van der Waals surface area contributed by atoms with Crippen LogP contribution >= 0.6 is 0 Å². The summed E-state index contributed by atoms with van der Waals surface area (Å²) in [5.74, 6) is 0. The smallest absolute Gasteiger partial charge is 0.0638 e. The average Bonchev–Trinajstić information content (AvgIpc) is 2.48. The number of nitrogens with one attached hydrogen (secondary N) is 1. The standard InChI is InChI=1S/C10H19N3/c1-4-6-11-7-10-8-13(5-2)12-9(10)3/h8,11H,4-7H2,1-3H3. The normalized spacial score (nSPS) is 10.7. The van der Waals surface area contributed by atoms with Crippen LogP contribution in [0.5, 0.6) is 0 Å². The maximum atomic E-state index is 4.38. The van der Waals surface area contributed by atoms with Gasteiger partial charge in [-0.15, -0.1) is 0 Å². The van der Waals surface area contributed by atoms with Gasteiger partial charge in [0.1, 0.15) is 0 Å². The van der Waals surface area contributed by atoms with Crippen molar-refractivity contribution in [1.29, 1.82) is 0 Å². The number of hydrogen-bond donors (Lipinski definition) is 1. The summed E-state index contributed by atoms with van der Waals surface area (Å²) >= 11 is 0. The molecule has 74 valence electrons. The van der Waals surface area contributed by atoms with Crippen LogP contribution in [0.25, 0.3) is 0 Å². The molecule has 0 aliphatic rings. The van der Waals surface area contributed by atoms with Crippen molar-refractivity contribution in [2.24, 2.45) is 0 Å². The summed E-state index contributed by atoms with van der Waals surface area (Å²) in [6, 6.07) is 0. The second-order valence-electron chi connectivity index (χ2n) is 3.27. The molecule has 0 unspecified atom stereocenters. The van der Waals surface area contributed by atoms with E-state index in [4.69, 9.17) is 0 Å². The molecule has 1 N–H and O–H groups in total. The molecular formula is C10H19N3. The molecule has 0 aliphatic carbocycles. The molecule has 3 heteroatoms. The van der Waals surface area contributed by atoms with Crippen molar-refractivity contribution < 1.29 is 0 Å². The third kappa shape index (κ3) is 2.84. The summed E-state index contributed by atoms with van der Waals surface area (Å²) in [6.07, 6.45) is 3.30. The topological polar surface area (TPSA) is 29.9 Å². The zero-order valence-electron chi connectivity index (χ0n) is 8.80. The number of aryl methyl sites for hydroxylation is 2. The van der Waals surface area contributed by atoms with Crippen molar-refractivity contribution in [3.05, 3.63) is 17.5 Å². The lowest BCUT2D eigenvalue weighted by atomic mass is 10.2. The lowest BCUT2D eigenvalue weighted by molar-refractivity contribution is 0.650. The van der Waals surface area contributed by atoms with Crippen LogP contribution in [0.15, 0.2) is 6.20 Å². The van der Waals surface area contributed by atoms with Gasteiger partial charge >= 0.3 is 0 Å². The van der Waals surface area contributed by atoms with Crippen molar-refractivity contribution in [1.82, 2.24) is 15.1 Å². The lowest BCUT2D eigenvalue weighted by Gasteiger charge is -1.99. The first-order valence-corrected chi connectivity index (χ1v) is 5.01. The van der Waals surface area contributed by atoms with Crippen molar-refractivity contribution in [3.8, 4) is 0 Å². The van der Waals surface area contributed by atoms with Gasteiger partial charge in [-0.1, -0.05) is 6.92 Å². The molecule has 1 heterocycles. The highest BCUT2D eigenvalue weighted by Gasteiger charge is 2.02. The van der Waals surface area contributed by atoms with Gasteiger partial charge in [-0.25, -0.2) is 0 Å². The van der Waals surface area contributed by atoms with E-state index < -0.39 is 0 Å². The average molecular weight is 181 g/mol. The number of hydrogen-bond acceptors (Lipinski definition) is 2. The molecule has 0 aliphatic heterocycles. The van der Waals surface area contributed by atoms with E-state index in [-0.39, 0.29) is 0 Å². The van der Waals surface area contributed by atoms with Crippen LogP contribution < -0.4 is 5.32 Å². The van der Waals surface area contributed by atoms with Crippen LogP contribution in [0.3, 0.4) is 0 Å². The van der Waals surface area contributed by atoms with E-state index in [2.05, 4.69) is 37.4 Å². The summed E-state index contributed by atoms with van der Waals surface area (Å²) in [5, 5.41) is 7.76. The molecule has 0 atom stereocenters. The zero-order chi connectivity index (χ0) is 9.68. The van der Waals surface area contributed by atoms with Gasteiger partial charge in [0.25, 0.3) is 0 Å². The Kier molecular flexibility index (Phi) is 3.96. The van der Waals surface area contributed by atoms with Gasteiger partial charge in [-0.2, -0.15) is 5.10 Å². The molecule has 0 spiro atoms. The van der Waals surface area contributed by atoms with Gasteiger partial charge in [0.2, 0.25) is 0 Å². The zero-order valence-corrected chi connectivity index (χ0v) is 8.80. The first kappa shape index (κ1) is 10.3. The van der Waals surface area contributed by atoms with Crippen molar-refractivity contribution in [2.45, 2.75) is 40.3 Å². The van der Waals surface area contributed by atoms with Gasteiger partial charge in [0.15, 0.2) is 0 Å². The summed E-state index contributed by atoms with van der Waals surface area (Å²) in [5.41, 5.74) is 2.46. The Morgan fingerprint density at radius 1 is 1.46 bits per heavy atom. The van der Waals surface area contributed by atoms with E-state index in [0.29, 0.717) is 0 Å². The highest BCUT2D eigenvalue weighted by Crippen LogP contribution is 2.04. The van der Waals surface area contributed by atoms with Gasteiger partial charge in [-0.3, -0.25) is 4.68 Å². The first-order valence-electron chi connectivity index (χ1n) is 5.01. The van der Waals surface area contributed by atoms with Gasteiger partial charge in [0, 0.05) is 24.8 Å². The first-order chi connectivity index (χ1) is 6.27. The molecule has 0 bridgehead atoms. The molecule has 0 amide bonds. The molecular weight excluding hydrogens is 162 g/mol. The highest BCUT2D eigenvalue weighted by atomic mass is 15.3. The highest BCUT2D eigenvalue weighted by molar-refractivity contribution is 5.14. The molecule has 0 fully saturated rings. The molecule has 0 aromatic carbocycles. The Balaban J connectivity index is 2.50. The van der Waals surface area contributed by atoms with E-state index in [0.717, 1.165) is 25.3 Å². The van der Waals surface area contributed by atoms with E-state index >= 15 is 0 Å². The van der Waals surface area contributed by atoms with Crippen LogP contribution in [-0.2, 0) is 13.1 Å². The van der Waals surface area contributed by atoms with Crippen LogP contribution in [0.4, 0.5) is 0 Å². The number of nitrogens with zero attached hydrogens (tertiary/aromatic N) is 2. The molecule has 1 rings (SSSR count). The predicted molar refractivity (Wildman–Crippen MR) is 54.6 cm³/mol. The third-order valence-electron chi connectivity index (χ3n) is 2.11. The fourth-order valence-electron chi connectivity index (χ4n) is 1.29. The fourth-order valence-corrected chi connectivity index (χ4v) is 1.29. The number of rotatable bonds is 5. The second kappa shape index (κ2) is 5.02. The molecule has 1 aromatic rings. The Morgan fingerprint density at radius 2 is 2.23 bits per heavy atom. The molecule has 0 radical (unpaired) electrons. The maximum absolute atomic E-state index is 4.38. The van der Waals surface area contributed by atoms with Gasteiger partial charge in [-0.05, 0) is 26.8 Å². The molecule has 0 saturated carbocycles. The quantitative estimate of drug-likeness (QED) is 0.701. The molecule has 1 aromatic heterocycles. The largest absolute Gasteiger partial charge is 0.313 e. The third-order valence-corrected chi connectivity index (χ3v) is 2.11.